The second kappa shape index (κ2) is 7.59. The van der Waals surface area contributed by atoms with E-state index < -0.39 is 0 Å². The maximum atomic E-state index is 12.6. The lowest BCUT2D eigenvalue weighted by molar-refractivity contribution is -0.133. The number of methoxy groups -OCH3 is 1. The highest BCUT2D eigenvalue weighted by molar-refractivity contribution is 5.77. The van der Waals surface area contributed by atoms with E-state index in [-0.39, 0.29) is 11.9 Å². The van der Waals surface area contributed by atoms with E-state index >= 15 is 0 Å². The van der Waals surface area contributed by atoms with Crippen LogP contribution in [-0.2, 0) is 11.3 Å². The molecule has 1 aromatic heterocycles. The monoisotopic (exact) mass is 342 g/mol. The number of piperazine rings is 1. The number of amides is 1. The van der Waals surface area contributed by atoms with E-state index in [1.54, 1.807) is 13.3 Å². The van der Waals surface area contributed by atoms with Gasteiger partial charge in [-0.1, -0.05) is 0 Å². The molecule has 25 heavy (non-hydrogen) atoms. The molecule has 1 aliphatic heterocycles. The predicted molar refractivity (Wildman–Crippen MR) is 98.0 cm³/mol. The number of ether oxygens (including phenoxy) is 1. The van der Waals surface area contributed by atoms with Gasteiger partial charge >= 0.3 is 0 Å². The van der Waals surface area contributed by atoms with Crippen LogP contribution in [0.5, 0.6) is 5.75 Å². The van der Waals surface area contributed by atoms with Gasteiger partial charge in [0.1, 0.15) is 5.75 Å². The van der Waals surface area contributed by atoms with Crippen molar-refractivity contribution in [3.05, 3.63) is 42.2 Å². The molecule has 0 unspecified atom stereocenters. The van der Waals surface area contributed by atoms with Crippen molar-refractivity contribution in [3.8, 4) is 5.75 Å². The second-order valence-electron chi connectivity index (χ2n) is 6.53. The van der Waals surface area contributed by atoms with Crippen LogP contribution in [0, 0.1) is 6.92 Å². The molecule has 1 aliphatic rings. The lowest BCUT2D eigenvalue weighted by Gasteiger charge is -2.41. The zero-order chi connectivity index (χ0) is 17.8. The molecule has 0 radical (unpaired) electrons. The Morgan fingerprint density at radius 1 is 1.24 bits per heavy atom. The first kappa shape index (κ1) is 17.3. The summed E-state index contributed by atoms with van der Waals surface area (Å²) in [6.45, 7) is 7.22. The molecule has 1 saturated heterocycles. The van der Waals surface area contributed by atoms with Crippen molar-refractivity contribution in [1.82, 2.24) is 14.7 Å². The van der Waals surface area contributed by atoms with Gasteiger partial charge in [-0.05, 0) is 44.2 Å². The van der Waals surface area contributed by atoms with Crippen LogP contribution in [0.15, 0.2) is 36.5 Å². The van der Waals surface area contributed by atoms with Crippen molar-refractivity contribution < 1.29 is 9.53 Å². The highest BCUT2D eigenvalue weighted by Gasteiger charge is 2.27. The van der Waals surface area contributed by atoms with Crippen molar-refractivity contribution in [1.29, 1.82) is 0 Å². The Bertz CT molecular complexity index is 710. The van der Waals surface area contributed by atoms with E-state index in [4.69, 9.17) is 4.74 Å². The van der Waals surface area contributed by atoms with Crippen LogP contribution >= 0.6 is 0 Å². The first-order valence-electron chi connectivity index (χ1n) is 8.75. The van der Waals surface area contributed by atoms with E-state index in [1.165, 1.54) is 5.69 Å². The molecule has 3 rings (SSSR count). The molecule has 0 aliphatic carbocycles. The largest absolute Gasteiger partial charge is 0.497 e. The summed E-state index contributed by atoms with van der Waals surface area (Å²) in [7, 11) is 1.67. The molecule has 1 fully saturated rings. The Morgan fingerprint density at radius 3 is 2.60 bits per heavy atom. The van der Waals surface area contributed by atoms with Gasteiger partial charge in [-0.25, -0.2) is 0 Å². The van der Waals surface area contributed by atoms with Gasteiger partial charge < -0.3 is 14.5 Å². The van der Waals surface area contributed by atoms with Gasteiger partial charge in [0, 0.05) is 56.2 Å². The summed E-state index contributed by atoms with van der Waals surface area (Å²) >= 11 is 0. The molecule has 1 aromatic carbocycles. The Kier molecular flexibility index (Phi) is 5.26. The number of nitrogens with zero attached hydrogens (tertiary/aromatic N) is 4. The second-order valence-corrected chi connectivity index (χ2v) is 6.53. The highest BCUT2D eigenvalue weighted by Crippen LogP contribution is 2.22. The zero-order valence-electron chi connectivity index (χ0n) is 15.2. The van der Waals surface area contributed by atoms with Crippen molar-refractivity contribution in [2.24, 2.45) is 0 Å². The number of hydrogen-bond donors (Lipinski definition) is 0. The molecule has 0 bridgehead atoms. The lowest BCUT2D eigenvalue weighted by Crippen LogP contribution is -2.54. The van der Waals surface area contributed by atoms with Crippen LogP contribution in [0.4, 0.5) is 5.69 Å². The molecule has 2 heterocycles. The van der Waals surface area contributed by atoms with Gasteiger partial charge in [-0.15, -0.1) is 0 Å². The highest BCUT2D eigenvalue weighted by atomic mass is 16.5. The molecule has 134 valence electrons. The quantitative estimate of drug-likeness (QED) is 0.837. The van der Waals surface area contributed by atoms with E-state index in [0.29, 0.717) is 13.0 Å². The smallest absolute Gasteiger partial charge is 0.224 e. The number of anilines is 1. The summed E-state index contributed by atoms with van der Waals surface area (Å²) in [4.78, 5) is 16.9. The van der Waals surface area contributed by atoms with Gasteiger partial charge in [-0.3, -0.25) is 9.48 Å². The van der Waals surface area contributed by atoms with Crippen LogP contribution in [0.1, 0.15) is 19.0 Å². The summed E-state index contributed by atoms with van der Waals surface area (Å²) in [6.07, 6.45) is 2.27. The summed E-state index contributed by atoms with van der Waals surface area (Å²) < 4.78 is 7.10. The number of benzene rings is 1. The fourth-order valence-corrected chi connectivity index (χ4v) is 3.33. The van der Waals surface area contributed by atoms with E-state index in [0.717, 1.165) is 31.1 Å². The number of aryl methyl sites for hydroxylation is 2. The van der Waals surface area contributed by atoms with Crippen LogP contribution in [0.2, 0.25) is 0 Å². The molecule has 0 N–H and O–H groups in total. The van der Waals surface area contributed by atoms with Crippen LogP contribution < -0.4 is 9.64 Å². The number of carbonyl (C=O) groups is 1. The third kappa shape index (κ3) is 3.95. The van der Waals surface area contributed by atoms with Gasteiger partial charge in [0.05, 0.1) is 7.11 Å². The maximum absolute atomic E-state index is 12.6. The van der Waals surface area contributed by atoms with Crippen LogP contribution in [-0.4, -0.2) is 53.4 Å². The normalized spacial score (nSPS) is 17.6. The average Bonchev–Trinajstić information content (AvgIpc) is 3.04. The fraction of sp³-hybridized carbons (Fsp3) is 0.474. The van der Waals surface area contributed by atoms with Gasteiger partial charge in [-0.2, -0.15) is 5.10 Å². The minimum atomic E-state index is 0.196. The number of hydrogen-bond acceptors (Lipinski definition) is 4. The van der Waals surface area contributed by atoms with Gasteiger partial charge in [0.2, 0.25) is 5.91 Å². The number of rotatable bonds is 5. The average molecular weight is 342 g/mol. The third-order valence-electron chi connectivity index (χ3n) is 4.85. The zero-order valence-corrected chi connectivity index (χ0v) is 15.2. The standard InChI is InChI=1S/C19H26N4O2/c1-15-8-10-20-23(15)11-9-19(24)22-13-12-21(14-16(22)2)17-4-6-18(25-3)7-5-17/h4-8,10,16H,9,11-14H2,1-3H3/t16-/m1/s1. The minimum absolute atomic E-state index is 0.196. The Hall–Kier alpha value is -2.50. The van der Waals surface area contributed by atoms with Crippen LogP contribution in [0.25, 0.3) is 0 Å². The topological polar surface area (TPSA) is 50.6 Å². The van der Waals surface area contributed by atoms with Crippen molar-refractivity contribution >= 4 is 11.6 Å². The molecule has 1 amide bonds. The van der Waals surface area contributed by atoms with Crippen LogP contribution in [0.3, 0.4) is 0 Å². The maximum Gasteiger partial charge on any atom is 0.224 e. The molecule has 0 saturated carbocycles. The first-order chi connectivity index (χ1) is 12.1. The SMILES string of the molecule is COc1ccc(N2CCN(C(=O)CCn3nccc3C)[C@H](C)C2)cc1. The number of carbonyl (C=O) groups excluding carboxylic acids is 1. The van der Waals surface area contributed by atoms with E-state index in [1.807, 2.05) is 34.7 Å². The Balaban J connectivity index is 1.55. The summed E-state index contributed by atoms with van der Waals surface area (Å²) in [5.41, 5.74) is 2.26. The Labute approximate surface area is 149 Å². The van der Waals surface area contributed by atoms with Crippen molar-refractivity contribution in [2.45, 2.75) is 32.9 Å². The van der Waals surface area contributed by atoms with E-state index in [9.17, 15) is 4.79 Å². The summed E-state index contributed by atoms with van der Waals surface area (Å²) in [6, 6.07) is 10.3. The molecule has 1 atom stereocenters. The molecular formula is C19H26N4O2. The van der Waals surface area contributed by atoms with Crippen molar-refractivity contribution in [2.75, 3.05) is 31.6 Å². The first-order valence-corrected chi connectivity index (χ1v) is 8.75. The molecule has 2 aromatic rings. The molecular weight excluding hydrogens is 316 g/mol. The Morgan fingerprint density at radius 2 is 2.00 bits per heavy atom. The lowest BCUT2D eigenvalue weighted by atomic mass is 10.1. The minimum Gasteiger partial charge on any atom is -0.497 e. The van der Waals surface area contributed by atoms with Crippen molar-refractivity contribution in [3.63, 3.8) is 0 Å². The number of aromatic nitrogens is 2. The van der Waals surface area contributed by atoms with Gasteiger partial charge in [0.15, 0.2) is 0 Å². The summed E-state index contributed by atoms with van der Waals surface area (Å²) in [5.74, 6) is 1.07. The van der Waals surface area contributed by atoms with E-state index in [2.05, 4.69) is 29.1 Å². The third-order valence-corrected chi connectivity index (χ3v) is 4.85. The molecule has 6 heteroatoms. The summed E-state index contributed by atoms with van der Waals surface area (Å²) in [5, 5.41) is 4.25. The fourth-order valence-electron chi connectivity index (χ4n) is 3.33. The molecule has 0 spiro atoms. The molecule has 6 nitrogen and oxygen atoms in total. The van der Waals surface area contributed by atoms with Gasteiger partial charge in [0.25, 0.3) is 0 Å². The predicted octanol–water partition coefficient (Wildman–Crippen LogP) is 2.33.